The minimum Gasteiger partial charge on any atom is -0.370 e. The number of nitrogens with two attached hydrogens (primary N) is 1. The quantitative estimate of drug-likeness (QED) is 0.572. The molecular formula is C24H30FN5O. The number of carbonyl (C=O) groups excluding carboxylic acids is 1. The predicted molar refractivity (Wildman–Crippen MR) is 122 cm³/mol. The maximum atomic E-state index is 13.1. The van der Waals surface area contributed by atoms with E-state index in [1.165, 1.54) is 17.7 Å². The summed E-state index contributed by atoms with van der Waals surface area (Å²) in [5.74, 6) is 0.765. The zero-order chi connectivity index (χ0) is 21.6. The monoisotopic (exact) mass is 423 g/mol. The van der Waals surface area contributed by atoms with Crippen molar-refractivity contribution in [2.24, 2.45) is 16.6 Å². The topological polar surface area (TPSA) is 65.2 Å². The lowest BCUT2D eigenvalue weighted by molar-refractivity contribution is -0.127. The number of amides is 1. The molecule has 2 heterocycles. The highest BCUT2D eigenvalue weighted by Crippen LogP contribution is 2.20. The van der Waals surface area contributed by atoms with E-state index in [0.29, 0.717) is 18.9 Å². The van der Waals surface area contributed by atoms with Crippen LogP contribution in [0.4, 0.5) is 10.1 Å². The van der Waals surface area contributed by atoms with Gasteiger partial charge in [0.1, 0.15) is 5.82 Å². The first-order valence-electron chi connectivity index (χ1n) is 11.0. The van der Waals surface area contributed by atoms with E-state index < -0.39 is 0 Å². The Labute approximate surface area is 183 Å². The van der Waals surface area contributed by atoms with Crippen molar-refractivity contribution in [1.29, 1.82) is 0 Å². The molecule has 164 valence electrons. The highest BCUT2D eigenvalue weighted by atomic mass is 19.1. The Morgan fingerprint density at radius 1 is 1.03 bits per heavy atom. The maximum absolute atomic E-state index is 13.1. The van der Waals surface area contributed by atoms with E-state index in [1.807, 2.05) is 35.2 Å². The fourth-order valence-electron chi connectivity index (χ4n) is 4.27. The van der Waals surface area contributed by atoms with Crippen LogP contribution < -0.4 is 10.6 Å². The van der Waals surface area contributed by atoms with Gasteiger partial charge in [-0.2, -0.15) is 0 Å². The molecule has 0 aromatic heterocycles. The molecule has 0 radical (unpaired) electrons. The van der Waals surface area contributed by atoms with E-state index in [-0.39, 0.29) is 17.6 Å². The first-order chi connectivity index (χ1) is 15.1. The standard InChI is InChI=1S/C24H30FN5O/c25-21-6-8-22(9-7-21)28-12-14-29(15-13-28)24(26)27-17-20-16-23(31)30(18-20)11-10-19-4-2-1-3-5-19/h1-9,20H,10-18H2,(H2,26,27). The van der Waals surface area contributed by atoms with E-state index in [9.17, 15) is 9.18 Å². The molecule has 1 amide bonds. The van der Waals surface area contributed by atoms with Crippen molar-refractivity contribution in [2.45, 2.75) is 12.8 Å². The van der Waals surface area contributed by atoms with E-state index in [0.717, 1.165) is 51.4 Å². The first-order valence-corrected chi connectivity index (χ1v) is 11.0. The Morgan fingerprint density at radius 2 is 1.74 bits per heavy atom. The van der Waals surface area contributed by atoms with Gasteiger partial charge >= 0.3 is 0 Å². The van der Waals surface area contributed by atoms with Gasteiger partial charge in [0.05, 0.1) is 0 Å². The van der Waals surface area contributed by atoms with Gasteiger partial charge in [-0.25, -0.2) is 4.39 Å². The van der Waals surface area contributed by atoms with Crippen LogP contribution in [0, 0.1) is 11.7 Å². The highest BCUT2D eigenvalue weighted by molar-refractivity contribution is 5.80. The third-order valence-corrected chi connectivity index (χ3v) is 6.11. The molecule has 6 nitrogen and oxygen atoms in total. The Bertz CT molecular complexity index is 894. The van der Waals surface area contributed by atoms with E-state index in [1.54, 1.807) is 0 Å². The molecule has 1 unspecified atom stereocenters. The molecule has 2 aliphatic rings. The number of aliphatic imine (C=N–C) groups is 1. The Kier molecular flexibility index (Phi) is 6.70. The van der Waals surface area contributed by atoms with Crippen molar-refractivity contribution in [3.8, 4) is 0 Å². The third-order valence-electron chi connectivity index (χ3n) is 6.11. The second-order valence-electron chi connectivity index (χ2n) is 8.29. The van der Waals surface area contributed by atoms with Crippen LogP contribution >= 0.6 is 0 Å². The number of nitrogens with zero attached hydrogens (tertiary/aromatic N) is 4. The smallest absolute Gasteiger partial charge is 0.223 e. The number of rotatable bonds is 6. The van der Waals surface area contributed by atoms with Gasteiger partial charge in [-0.05, 0) is 36.2 Å². The molecule has 2 aromatic carbocycles. The van der Waals surface area contributed by atoms with Crippen LogP contribution in [0.15, 0.2) is 59.6 Å². The number of halogens is 1. The second-order valence-corrected chi connectivity index (χ2v) is 8.29. The molecule has 1 atom stereocenters. The van der Waals surface area contributed by atoms with Crippen molar-refractivity contribution in [2.75, 3.05) is 50.7 Å². The molecule has 2 fully saturated rings. The molecule has 2 N–H and O–H groups in total. The van der Waals surface area contributed by atoms with E-state index >= 15 is 0 Å². The summed E-state index contributed by atoms with van der Waals surface area (Å²) in [7, 11) is 0. The number of likely N-dealkylation sites (tertiary alicyclic amines) is 1. The number of hydrogen-bond donors (Lipinski definition) is 1. The SMILES string of the molecule is NC(=NCC1CC(=O)N(CCc2ccccc2)C1)N1CCN(c2ccc(F)cc2)CC1. The summed E-state index contributed by atoms with van der Waals surface area (Å²) in [5.41, 5.74) is 8.52. The normalized spacial score (nSPS) is 19.9. The summed E-state index contributed by atoms with van der Waals surface area (Å²) in [4.78, 5) is 23.2. The number of piperazine rings is 1. The van der Waals surface area contributed by atoms with Gasteiger partial charge in [-0.3, -0.25) is 9.79 Å². The van der Waals surface area contributed by atoms with Crippen molar-refractivity contribution in [1.82, 2.24) is 9.80 Å². The van der Waals surface area contributed by atoms with E-state index in [2.05, 4.69) is 26.9 Å². The molecule has 0 aliphatic carbocycles. The summed E-state index contributed by atoms with van der Waals surface area (Å²) in [6, 6.07) is 16.9. The number of hydrogen-bond acceptors (Lipinski definition) is 3. The predicted octanol–water partition coefficient (Wildman–Crippen LogP) is 2.35. The Balaban J connectivity index is 1.22. The minimum absolute atomic E-state index is 0.211. The number of benzene rings is 2. The number of anilines is 1. The van der Waals surface area contributed by atoms with Gasteiger partial charge in [0.25, 0.3) is 0 Å². The van der Waals surface area contributed by atoms with Crippen LogP contribution in [0.3, 0.4) is 0 Å². The third kappa shape index (κ3) is 5.54. The minimum atomic E-state index is -0.220. The molecule has 0 bridgehead atoms. The van der Waals surface area contributed by atoms with Gasteiger partial charge < -0.3 is 20.4 Å². The van der Waals surface area contributed by atoms with Crippen LogP contribution in [0.2, 0.25) is 0 Å². The van der Waals surface area contributed by atoms with Gasteiger partial charge in [0.15, 0.2) is 5.96 Å². The van der Waals surface area contributed by atoms with Gasteiger partial charge in [-0.1, -0.05) is 30.3 Å². The Morgan fingerprint density at radius 3 is 2.45 bits per heavy atom. The fourth-order valence-corrected chi connectivity index (χ4v) is 4.27. The number of carbonyl (C=O) groups is 1. The molecule has 0 saturated carbocycles. The maximum Gasteiger partial charge on any atom is 0.223 e. The van der Waals surface area contributed by atoms with Crippen LogP contribution in [0.25, 0.3) is 0 Å². The van der Waals surface area contributed by atoms with Crippen molar-refractivity contribution in [3.63, 3.8) is 0 Å². The molecular weight excluding hydrogens is 393 g/mol. The summed E-state index contributed by atoms with van der Waals surface area (Å²) >= 11 is 0. The van der Waals surface area contributed by atoms with Crippen LogP contribution in [0.5, 0.6) is 0 Å². The molecule has 2 aromatic rings. The molecule has 31 heavy (non-hydrogen) atoms. The fraction of sp³-hybridized carbons (Fsp3) is 0.417. The van der Waals surface area contributed by atoms with Crippen LogP contribution in [-0.2, 0) is 11.2 Å². The first kappa shape index (κ1) is 21.2. The summed E-state index contributed by atoms with van der Waals surface area (Å²) in [6.07, 6.45) is 1.42. The highest BCUT2D eigenvalue weighted by Gasteiger charge is 2.29. The Hall–Kier alpha value is -3.09. The molecule has 2 aliphatic heterocycles. The second kappa shape index (κ2) is 9.81. The van der Waals surface area contributed by atoms with Crippen LogP contribution in [0.1, 0.15) is 12.0 Å². The zero-order valence-corrected chi connectivity index (χ0v) is 17.8. The zero-order valence-electron chi connectivity index (χ0n) is 17.8. The lowest BCUT2D eigenvalue weighted by atomic mass is 10.1. The molecule has 0 spiro atoms. The molecule has 7 heteroatoms. The lowest BCUT2D eigenvalue weighted by Crippen LogP contribution is -2.51. The summed E-state index contributed by atoms with van der Waals surface area (Å²) in [6.45, 7) is 5.27. The lowest BCUT2D eigenvalue weighted by Gasteiger charge is -2.36. The van der Waals surface area contributed by atoms with Crippen LogP contribution in [-0.4, -0.2) is 67.5 Å². The molecule has 2 saturated heterocycles. The average Bonchev–Trinajstić information content (AvgIpc) is 3.17. The van der Waals surface area contributed by atoms with E-state index in [4.69, 9.17) is 5.73 Å². The largest absolute Gasteiger partial charge is 0.370 e. The van der Waals surface area contributed by atoms with Crippen molar-refractivity contribution in [3.05, 3.63) is 66.0 Å². The molecule has 4 rings (SSSR count). The average molecular weight is 424 g/mol. The summed E-state index contributed by atoms with van der Waals surface area (Å²) < 4.78 is 13.1. The van der Waals surface area contributed by atoms with Gasteiger partial charge in [-0.15, -0.1) is 0 Å². The van der Waals surface area contributed by atoms with Gasteiger partial charge in [0, 0.05) is 63.8 Å². The van der Waals surface area contributed by atoms with Crippen molar-refractivity contribution < 1.29 is 9.18 Å². The van der Waals surface area contributed by atoms with Crippen molar-refractivity contribution >= 4 is 17.6 Å². The van der Waals surface area contributed by atoms with Gasteiger partial charge in [0.2, 0.25) is 5.91 Å². The number of guanidine groups is 1. The summed E-state index contributed by atoms with van der Waals surface area (Å²) in [5, 5.41) is 0.